The van der Waals surface area contributed by atoms with Crippen molar-refractivity contribution in [3.8, 4) is 0 Å². The summed E-state index contributed by atoms with van der Waals surface area (Å²) in [5, 5.41) is 8.13. The van der Waals surface area contributed by atoms with Crippen molar-refractivity contribution in [3.05, 3.63) is 36.9 Å². The summed E-state index contributed by atoms with van der Waals surface area (Å²) < 4.78 is 47.4. The zero-order valence-corrected chi connectivity index (χ0v) is 26.1. The standard InChI is InChI=1S/C28H38N8O7S/c1-6-13-35(14-7-2)44(39,40)18-11-9-17(10-12-18)33-27(38)34-23-19-24(31-15-30-23)36(16-32-19)26-22-20(42-28(4,5)43-22)21(41-26)25(37)29-8-3/h9-12,15-16,20-22,26H,6-8,13-14H2,1-5H3,(H,29,37)(H2,30,31,33,34,38)/t20-,21+,22-,26-/m1/s1. The van der Waals surface area contributed by atoms with Crippen molar-refractivity contribution in [3.63, 3.8) is 0 Å². The summed E-state index contributed by atoms with van der Waals surface area (Å²) in [6.07, 6.45) is 1.22. The molecule has 4 atom stereocenters. The number of sulfonamides is 1. The van der Waals surface area contributed by atoms with E-state index in [4.69, 9.17) is 14.2 Å². The number of likely N-dealkylation sites (N-methyl/N-ethyl adjacent to an activating group) is 1. The van der Waals surface area contributed by atoms with E-state index in [1.165, 1.54) is 41.2 Å². The molecule has 0 radical (unpaired) electrons. The van der Waals surface area contributed by atoms with Gasteiger partial charge in [-0.3, -0.25) is 14.7 Å². The average molecular weight is 631 g/mol. The smallest absolute Gasteiger partial charge is 0.324 e. The van der Waals surface area contributed by atoms with Gasteiger partial charge in [0, 0.05) is 25.3 Å². The van der Waals surface area contributed by atoms with Crippen molar-refractivity contribution in [1.82, 2.24) is 29.1 Å². The van der Waals surface area contributed by atoms with Gasteiger partial charge in [0.25, 0.3) is 5.91 Å². The molecular formula is C28H38N8O7S. The van der Waals surface area contributed by atoms with Gasteiger partial charge in [0.05, 0.1) is 11.2 Å². The normalized spacial score (nSPS) is 22.7. The first-order valence-corrected chi connectivity index (χ1v) is 16.1. The van der Waals surface area contributed by atoms with Gasteiger partial charge >= 0.3 is 6.03 Å². The summed E-state index contributed by atoms with van der Waals surface area (Å²) in [5.74, 6) is -1.10. The minimum atomic E-state index is -3.64. The van der Waals surface area contributed by atoms with Gasteiger partial charge in [-0.2, -0.15) is 4.31 Å². The second-order valence-corrected chi connectivity index (χ2v) is 12.9. The van der Waals surface area contributed by atoms with Crippen LogP contribution >= 0.6 is 0 Å². The number of hydrogen-bond donors (Lipinski definition) is 3. The Morgan fingerprint density at radius 1 is 0.977 bits per heavy atom. The Labute approximate surface area is 255 Å². The molecule has 0 saturated carbocycles. The maximum atomic E-state index is 13.0. The van der Waals surface area contributed by atoms with Gasteiger partial charge in [0.1, 0.15) is 18.5 Å². The highest BCUT2D eigenvalue weighted by molar-refractivity contribution is 7.89. The topological polar surface area (TPSA) is 179 Å². The monoisotopic (exact) mass is 630 g/mol. The number of hydrogen-bond acceptors (Lipinski definition) is 10. The Morgan fingerprint density at radius 3 is 2.32 bits per heavy atom. The lowest BCUT2D eigenvalue weighted by molar-refractivity contribution is -0.197. The summed E-state index contributed by atoms with van der Waals surface area (Å²) in [6.45, 7) is 10.5. The molecule has 3 aromatic rings. The summed E-state index contributed by atoms with van der Waals surface area (Å²) in [5.41, 5.74) is 1.02. The van der Waals surface area contributed by atoms with E-state index in [9.17, 15) is 18.0 Å². The second kappa shape index (κ2) is 12.7. The molecule has 238 valence electrons. The second-order valence-electron chi connectivity index (χ2n) is 11.0. The molecule has 0 spiro atoms. The fourth-order valence-electron chi connectivity index (χ4n) is 5.40. The van der Waals surface area contributed by atoms with Gasteiger partial charge in [-0.15, -0.1) is 0 Å². The van der Waals surface area contributed by atoms with E-state index in [0.717, 1.165) is 0 Å². The van der Waals surface area contributed by atoms with Crippen LogP contribution in [0.4, 0.5) is 16.3 Å². The van der Waals surface area contributed by atoms with Crippen LogP contribution in [0.3, 0.4) is 0 Å². The van der Waals surface area contributed by atoms with Crippen molar-refractivity contribution >= 4 is 44.6 Å². The van der Waals surface area contributed by atoms with Gasteiger partial charge in [-0.05, 0) is 57.9 Å². The van der Waals surface area contributed by atoms with Crippen LogP contribution in [0, 0.1) is 0 Å². The first-order valence-electron chi connectivity index (χ1n) is 14.6. The van der Waals surface area contributed by atoms with Crippen LogP contribution in [0.2, 0.25) is 0 Å². The van der Waals surface area contributed by atoms with Crippen molar-refractivity contribution in [2.24, 2.45) is 0 Å². The lowest BCUT2D eigenvalue weighted by Gasteiger charge is -2.24. The van der Waals surface area contributed by atoms with E-state index < -0.39 is 46.4 Å². The van der Waals surface area contributed by atoms with Crippen molar-refractivity contribution in [1.29, 1.82) is 0 Å². The van der Waals surface area contributed by atoms with Crippen LogP contribution < -0.4 is 16.0 Å². The van der Waals surface area contributed by atoms with Gasteiger partial charge in [-0.1, -0.05) is 13.8 Å². The number of carbonyl (C=O) groups excluding carboxylic acids is 2. The zero-order valence-electron chi connectivity index (χ0n) is 25.3. The number of aromatic nitrogens is 4. The zero-order chi connectivity index (χ0) is 31.6. The Balaban J connectivity index is 1.31. The molecule has 0 aliphatic carbocycles. The number of ether oxygens (including phenoxy) is 3. The molecule has 1 aromatic carbocycles. The average Bonchev–Trinajstić information content (AvgIpc) is 3.64. The van der Waals surface area contributed by atoms with E-state index >= 15 is 0 Å². The van der Waals surface area contributed by atoms with Crippen molar-refractivity contribution < 1.29 is 32.2 Å². The summed E-state index contributed by atoms with van der Waals surface area (Å²) in [7, 11) is -3.64. The summed E-state index contributed by atoms with van der Waals surface area (Å²) >= 11 is 0. The first kappa shape index (κ1) is 31.7. The Bertz CT molecular complexity index is 1610. The number of imidazole rings is 1. The molecule has 44 heavy (non-hydrogen) atoms. The van der Waals surface area contributed by atoms with Crippen LogP contribution in [-0.4, -0.2) is 87.9 Å². The number of fused-ring (bicyclic) bond motifs is 2. The Hall–Kier alpha value is -3.70. The summed E-state index contributed by atoms with van der Waals surface area (Å²) in [4.78, 5) is 38.7. The van der Waals surface area contributed by atoms with Gasteiger partial charge in [0.2, 0.25) is 10.0 Å². The van der Waals surface area contributed by atoms with Crippen LogP contribution in [0.15, 0.2) is 41.8 Å². The number of nitrogens with one attached hydrogen (secondary N) is 3. The van der Waals surface area contributed by atoms with E-state index in [-0.39, 0.29) is 22.1 Å². The van der Waals surface area contributed by atoms with E-state index in [0.29, 0.717) is 43.8 Å². The highest BCUT2D eigenvalue weighted by Gasteiger charge is 2.58. The van der Waals surface area contributed by atoms with Crippen molar-refractivity contribution in [2.45, 2.75) is 82.7 Å². The number of anilines is 2. The minimum absolute atomic E-state index is 0.138. The predicted molar refractivity (Wildman–Crippen MR) is 160 cm³/mol. The molecule has 2 saturated heterocycles. The predicted octanol–water partition coefficient (Wildman–Crippen LogP) is 2.83. The van der Waals surface area contributed by atoms with Crippen LogP contribution in [0.1, 0.15) is 53.7 Å². The van der Waals surface area contributed by atoms with E-state index in [2.05, 4.69) is 30.9 Å². The number of carbonyl (C=O) groups is 2. The Kier molecular flexibility index (Phi) is 9.17. The molecule has 16 heteroatoms. The van der Waals surface area contributed by atoms with Crippen molar-refractivity contribution in [2.75, 3.05) is 30.3 Å². The van der Waals surface area contributed by atoms with Gasteiger partial charge < -0.3 is 24.8 Å². The molecule has 4 heterocycles. The minimum Gasteiger partial charge on any atom is -0.354 e. The third-order valence-corrected chi connectivity index (χ3v) is 9.11. The molecular weight excluding hydrogens is 592 g/mol. The number of urea groups is 1. The van der Waals surface area contributed by atoms with Gasteiger partial charge in [-0.25, -0.2) is 28.2 Å². The van der Waals surface area contributed by atoms with E-state index in [1.807, 2.05) is 20.8 Å². The summed E-state index contributed by atoms with van der Waals surface area (Å²) in [6, 6.07) is 5.37. The molecule has 2 aliphatic rings. The quantitative estimate of drug-likeness (QED) is 0.285. The highest BCUT2D eigenvalue weighted by atomic mass is 32.2. The number of benzene rings is 1. The molecule has 0 bridgehead atoms. The molecule has 3 amide bonds. The molecule has 2 aromatic heterocycles. The molecule has 5 rings (SSSR count). The third kappa shape index (κ3) is 6.25. The lowest BCUT2D eigenvalue weighted by Crippen LogP contribution is -2.42. The number of nitrogens with zero attached hydrogens (tertiary/aromatic N) is 5. The molecule has 2 fully saturated rings. The van der Waals surface area contributed by atoms with E-state index in [1.54, 1.807) is 18.4 Å². The first-order chi connectivity index (χ1) is 21.0. The largest absolute Gasteiger partial charge is 0.354 e. The molecule has 3 N–H and O–H groups in total. The highest BCUT2D eigenvalue weighted by Crippen LogP contribution is 2.44. The van der Waals surface area contributed by atoms with Gasteiger partial charge in [0.15, 0.2) is 35.1 Å². The Morgan fingerprint density at radius 2 is 1.66 bits per heavy atom. The maximum Gasteiger partial charge on any atom is 0.324 e. The molecule has 15 nitrogen and oxygen atoms in total. The fraction of sp³-hybridized carbons (Fsp3) is 0.536. The molecule has 0 unspecified atom stereocenters. The fourth-order valence-corrected chi connectivity index (χ4v) is 7.02. The molecule has 2 aliphatic heterocycles. The van der Waals surface area contributed by atoms with Crippen LogP contribution in [0.5, 0.6) is 0 Å². The van der Waals surface area contributed by atoms with Crippen LogP contribution in [-0.2, 0) is 29.0 Å². The maximum absolute atomic E-state index is 13.0. The van der Waals surface area contributed by atoms with Crippen LogP contribution in [0.25, 0.3) is 11.2 Å². The lowest BCUT2D eigenvalue weighted by atomic mass is 10.1. The number of amides is 3. The SMILES string of the molecule is CCCN(CCC)S(=O)(=O)c1ccc(NC(=O)Nc2ncnc3c2ncn3[C@@H]2O[C@H](C(=O)NCC)[C@H]3OC(C)(C)O[C@H]32)cc1. The number of rotatable bonds is 11. The third-order valence-electron chi connectivity index (χ3n) is 7.20.